The first-order valence-corrected chi connectivity index (χ1v) is 8.60. The van der Waals surface area contributed by atoms with Gasteiger partial charge in [-0.3, -0.25) is 19.6 Å². The van der Waals surface area contributed by atoms with Crippen LogP contribution in [-0.4, -0.2) is 47.6 Å². The van der Waals surface area contributed by atoms with Crippen molar-refractivity contribution >= 4 is 18.2 Å². The standard InChI is InChI=1S/C19H29N3O4/c1-13(22(26)12-23)15(11-14-9-7-6-8-10-14)17(24)21-16(18(25)20-5)19(2,3)4/h6-10,12-13,15-16,26H,11H2,1-5H3,(H,20,25)(H,21,24)/t13-,15-,16+/m0/s1. The minimum absolute atomic E-state index is 0.274. The molecule has 3 amide bonds. The van der Waals surface area contributed by atoms with Gasteiger partial charge in [0.25, 0.3) is 0 Å². The maximum atomic E-state index is 12.9. The van der Waals surface area contributed by atoms with Crippen LogP contribution in [0.3, 0.4) is 0 Å². The molecule has 0 saturated carbocycles. The zero-order chi connectivity index (χ0) is 19.9. The summed E-state index contributed by atoms with van der Waals surface area (Å²) in [7, 11) is 1.51. The van der Waals surface area contributed by atoms with Gasteiger partial charge < -0.3 is 10.6 Å². The Balaban J connectivity index is 3.09. The Kier molecular flexibility index (Phi) is 7.76. The lowest BCUT2D eigenvalue weighted by molar-refractivity contribution is -0.166. The Morgan fingerprint density at radius 3 is 2.23 bits per heavy atom. The Bertz CT molecular complexity index is 613. The molecule has 0 bridgehead atoms. The van der Waals surface area contributed by atoms with Crippen LogP contribution in [0.15, 0.2) is 30.3 Å². The van der Waals surface area contributed by atoms with E-state index >= 15 is 0 Å². The van der Waals surface area contributed by atoms with E-state index in [4.69, 9.17) is 0 Å². The highest BCUT2D eigenvalue weighted by molar-refractivity contribution is 5.89. The van der Waals surface area contributed by atoms with E-state index in [1.807, 2.05) is 51.1 Å². The number of amides is 3. The number of hydrogen-bond donors (Lipinski definition) is 3. The van der Waals surface area contributed by atoms with Gasteiger partial charge in [-0.25, -0.2) is 5.06 Å². The molecule has 1 rings (SSSR count). The van der Waals surface area contributed by atoms with Crippen LogP contribution in [0, 0.1) is 11.3 Å². The summed E-state index contributed by atoms with van der Waals surface area (Å²) in [6, 6.07) is 7.83. The molecular weight excluding hydrogens is 334 g/mol. The highest BCUT2D eigenvalue weighted by atomic mass is 16.5. The second-order valence-corrected chi connectivity index (χ2v) is 7.44. The second-order valence-electron chi connectivity index (χ2n) is 7.44. The van der Waals surface area contributed by atoms with Gasteiger partial charge in [-0.15, -0.1) is 0 Å². The fraction of sp³-hybridized carbons (Fsp3) is 0.526. The first kappa shape index (κ1) is 21.6. The Morgan fingerprint density at radius 2 is 1.77 bits per heavy atom. The minimum atomic E-state index is -0.752. The third kappa shape index (κ3) is 5.84. The lowest BCUT2D eigenvalue weighted by Gasteiger charge is -2.33. The van der Waals surface area contributed by atoms with E-state index in [0.29, 0.717) is 11.5 Å². The number of carbonyl (C=O) groups is 3. The molecule has 0 fully saturated rings. The van der Waals surface area contributed by atoms with Gasteiger partial charge in [-0.2, -0.15) is 0 Å². The van der Waals surface area contributed by atoms with Gasteiger partial charge >= 0.3 is 0 Å². The van der Waals surface area contributed by atoms with E-state index in [2.05, 4.69) is 10.6 Å². The smallest absolute Gasteiger partial charge is 0.242 e. The van der Waals surface area contributed by atoms with E-state index in [9.17, 15) is 19.6 Å². The molecule has 0 aromatic heterocycles. The third-order valence-electron chi connectivity index (χ3n) is 4.40. The van der Waals surface area contributed by atoms with E-state index in [-0.39, 0.29) is 12.3 Å². The van der Waals surface area contributed by atoms with Crippen molar-refractivity contribution in [3.05, 3.63) is 35.9 Å². The van der Waals surface area contributed by atoms with Gasteiger partial charge in [0, 0.05) is 7.05 Å². The van der Waals surface area contributed by atoms with Gasteiger partial charge in [0.2, 0.25) is 18.2 Å². The molecule has 0 saturated heterocycles. The van der Waals surface area contributed by atoms with Crippen LogP contribution in [0.25, 0.3) is 0 Å². The molecule has 144 valence electrons. The SMILES string of the molecule is CNC(=O)[C@@H](NC(=O)[C@@H](Cc1ccccc1)[C@H](C)N(O)C=O)C(C)(C)C. The average molecular weight is 363 g/mol. The predicted molar refractivity (Wildman–Crippen MR) is 98.2 cm³/mol. The van der Waals surface area contributed by atoms with Crippen LogP contribution in [0.4, 0.5) is 0 Å². The predicted octanol–water partition coefficient (Wildman–Crippen LogP) is 1.36. The Morgan fingerprint density at radius 1 is 1.19 bits per heavy atom. The summed E-state index contributed by atoms with van der Waals surface area (Å²) in [5.74, 6) is -1.42. The lowest BCUT2D eigenvalue weighted by atomic mass is 9.84. The lowest BCUT2D eigenvalue weighted by Crippen LogP contribution is -2.56. The van der Waals surface area contributed by atoms with Crippen molar-refractivity contribution in [3.63, 3.8) is 0 Å². The van der Waals surface area contributed by atoms with E-state index in [0.717, 1.165) is 5.56 Å². The van der Waals surface area contributed by atoms with Gasteiger partial charge in [0.15, 0.2) is 0 Å². The number of benzene rings is 1. The maximum Gasteiger partial charge on any atom is 0.242 e. The first-order chi connectivity index (χ1) is 12.1. The zero-order valence-electron chi connectivity index (χ0n) is 16.0. The largest absolute Gasteiger partial charge is 0.357 e. The quantitative estimate of drug-likeness (QED) is 0.369. The molecule has 0 radical (unpaired) electrons. The highest BCUT2D eigenvalue weighted by Crippen LogP contribution is 2.22. The van der Waals surface area contributed by atoms with Crippen molar-refractivity contribution in [1.29, 1.82) is 0 Å². The molecule has 7 nitrogen and oxygen atoms in total. The average Bonchev–Trinajstić information content (AvgIpc) is 2.61. The van der Waals surface area contributed by atoms with Crippen molar-refractivity contribution < 1.29 is 19.6 Å². The van der Waals surface area contributed by atoms with Gasteiger partial charge in [-0.1, -0.05) is 51.1 Å². The molecule has 0 aliphatic heterocycles. The van der Waals surface area contributed by atoms with Crippen molar-refractivity contribution in [3.8, 4) is 0 Å². The van der Waals surface area contributed by atoms with Crippen molar-refractivity contribution in [2.24, 2.45) is 11.3 Å². The Hall–Kier alpha value is -2.41. The second kappa shape index (κ2) is 9.33. The molecule has 1 aromatic rings. The molecular formula is C19H29N3O4. The molecule has 3 atom stereocenters. The van der Waals surface area contributed by atoms with E-state index in [1.165, 1.54) is 7.05 Å². The van der Waals surface area contributed by atoms with Crippen molar-refractivity contribution in [2.45, 2.75) is 46.2 Å². The summed E-state index contributed by atoms with van der Waals surface area (Å²) in [6.07, 6.45) is 0.597. The molecule has 26 heavy (non-hydrogen) atoms. The number of carbonyl (C=O) groups excluding carboxylic acids is 3. The molecule has 0 heterocycles. The normalized spacial score (nSPS) is 14.7. The molecule has 0 unspecified atom stereocenters. The first-order valence-electron chi connectivity index (χ1n) is 8.60. The number of hydrogen-bond acceptors (Lipinski definition) is 4. The number of hydroxylamine groups is 2. The van der Waals surface area contributed by atoms with Gasteiger partial charge in [-0.05, 0) is 24.3 Å². The van der Waals surface area contributed by atoms with Crippen LogP contribution < -0.4 is 10.6 Å². The Labute approximate surface area is 154 Å². The third-order valence-corrected chi connectivity index (χ3v) is 4.40. The summed E-state index contributed by atoms with van der Waals surface area (Å²) in [5.41, 5.74) is 0.394. The summed E-state index contributed by atoms with van der Waals surface area (Å²) in [6.45, 7) is 7.15. The zero-order valence-corrected chi connectivity index (χ0v) is 16.0. The van der Waals surface area contributed by atoms with Crippen LogP contribution in [0.1, 0.15) is 33.3 Å². The summed E-state index contributed by atoms with van der Waals surface area (Å²) in [4.78, 5) is 36.1. The molecule has 0 aliphatic carbocycles. The molecule has 0 spiro atoms. The highest BCUT2D eigenvalue weighted by Gasteiger charge is 2.36. The van der Waals surface area contributed by atoms with Crippen LogP contribution >= 0.6 is 0 Å². The van der Waals surface area contributed by atoms with Crippen molar-refractivity contribution in [1.82, 2.24) is 15.7 Å². The fourth-order valence-electron chi connectivity index (χ4n) is 2.70. The minimum Gasteiger partial charge on any atom is -0.357 e. The van der Waals surface area contributed by atoms with Crippen LogP contribution in [-0.2, 0) is 20.8 Å². The van der Waals surface area contributed by atoms with Gasteiger partial charge in [0.1, 0.15) is 6.04 Å². The van der Waals surface area contributed by atoms with Crippen LogP contribution in [0.5, 0.6) is 0 Å². The molecule has 0 aliphatic rings. The number of rotatable bonds is 8. The number of likely N-dealkylation sites (N-methyl/N-ethyl adjacent to an activating group) is 1. The summed E-state index contributed by atoms with van der Waals surface area (Å²) < 4.78 is 0. The summed E-state index contributed by atoms with van der Waals surface area (Å²) >= 11 is 0. The monoisotopic (exact) mass is 363 g/mol. The van der Waals surface area contributed by atoms with Crippen LogP contribution in [0.2, 0.25) is 0 Å². The van der Waals surface area contributed by atoms with Crippen molar-refractivity contribution in [2.75, 3.05) is 7.05 Å². The van der Waals surface area contributed by atoms with E-state index < -0.39 is 29.3 Å². The number of nitrogens with zero attached hydrogens (tertiary/aromatic N) is 1. The van der Waals surface area contributed by atoms with Gasteiger partial charge in [0.05, 0.1) is 12.0 Å². The topological polar surface area (TPSA) is 98.7 Å². The molecule has 7 heteroatoms. The maximum absolute atomic E-state index is 12.9. The fourth-order valence-corrected chi connectivity index (χ4v) is 2.70. The molecule has 3 N–H and O–H groups in total. The number of nitrogens with one attached hydrogen (secondary N) is 2. The van der Waals surface area contributed by atoms with E-state index in [1.54, 1.807) is 6.92 Å². The molecule has 1 aromatic carbocycles. The summed E-state index contributed by atoms with van der Waals surface area (Å²) in [5, 5.41) is 15.6.